The number of hydrogen-bond acceptors (Lipinski definition) is 2. The Hall–Kier alpha value is -0.890. The molecule has 1 N–H and O–H groups in total. The van der Waals surface area contributed by atoms with Gasteiger partial charge in [0.1, 0.15) is 0 Å². The third-order valence-electron chi connectivity index (χ3n) is 3.86. The molecule has 0 bridgehead atoms. The summed E-state index contributed by atoms with van der Waals surface area (Å²) in [7, 11) is 0. The lowest BCUT2D eigenvalue weighted by Crippen LogP contribution is -2.34. The molecule has 2 unspecified atom stereocenters. The number of nitrogens with one attached hydrogen (secondary N) is 1. The first kappa shape index (κ1) is 16.2. The third-order valence-corrected chi connectivity index (χ3v) is 3.86. The van der Waals surface area contributed by atoms with E-state index < -0.39 is 0 Å². The molecule has 0 aliphatic carbocycles. The summed E-state index contributed by atoms with van der Waals surface area (Å²) in [5, 5.41) is 3.72. The highest BCUT2D eigenvalue weighted by molar-refractivity contribution is 5.17. The van der Waals surface area contributed by atoms with E-state index >= 15 is 0 Å². The summed E-state index contributed by atoms with van der Waals surface area (Å²) < 4.78 is 0. The van der Waals surface area contributed by atoms with Crippen molar-refractivity contribution in [3.8, 4) is 0 Å². The predicted octanol–water partition coefficient (Wildman–Crippen LogP) is 4.52. The molecule has 1 rings (SSSR count). The van der Waals surface area contributed by atoms with Gasteiger partial charge in [-0.1, -0.05) is 46.5 Å². The number of rotatable bonds is 10. The fourth-order valence-electron chi connectivity index (χ4n) is 2.55. The molecule has 0 saturated carbocycles. The summed E-state index contributed by atoms with van der Waals surface area (Å²) in [6, 6.07) is 4.90. The van der Waals surface area contributed by atoms with Gasteiger partial charge in [-0.25, -0.2) is 0 Å². The zero-order chi connectivity index (χ0) is 13.9. The van der Waals surface area contributed by atoms with Gasteiger partial charge in [-0.15, -0.1) is 0 Å². The van der Waals surface area contributed by atoms with Crippen LogP contribution in [-0.2, 0) is 0 Å². The molecule has 0 aliphatic heterocycles. The molecular formula is C17H30N2. The highest BCUT2D eigenvalue weighted by Gasteiger charge is 2.17. The third kappa shape index (κ3) is 6.20. The van der Waals surface area contributed by atoms with Gasteiger partial charge in [0.2, 0.25) is 0 Å². The SMILES string of the molecule is CCCCCCC(NCCC)C(C)c1ccncc1. The molecule has 0 aliphatic rings. The molecule has 19 heavy (non-hydrogen) atoms. The van der Waals surface area contributed by atoms with Crippen LogP contribution in [0.4, 0.5) is 0 Å². The lowest BCUT2D eigenvalue weighted by molar-refractivity contribution is 0.407. The Morgan fingerprint density at radius 3 is 2.42 bits per heavy atom. The van der Waals surface area contributed by atoms with E-state index in [4.69, 9.17) is 0 Å². The van der Waals surface area contributed by atoms with Gasteiger partial charge in [0.05, 0.1) is 0 Å². The van der Waals surface area contributed by atoms with Gasteiger partial charge in [0, 0.05) is 18.4 Å². The molecule has 1 aromatic heterocycles. The molecule has 0 fully saturated rings. The van der Waals surface area contributed by atoms with Crippen molar-refractivity contribution in [1.82, 2.24) is 10.3 Å². The van der Waals surface area contributed by atoms with Crippen molar-refractivity contribution in [3.63, 3.8) is 0 Å². The maximum absolute atomic E-state index is 4.12. The molecule has 108 valence electrons. The van der Waals surface area contributed by atoms with Crippen LogP contribution in [0.15, 0.2) is 24.5 Å². The summed E-state index contributed by atoms with van der Waals surface area (Å²) in [5.41, 5.74) is 1.40. The molecule has 2 atom stereocenters. The second kappa shape index (κ2) is 9.96. The summed E-state index contributed by atoms with van der Waals surface area (Å²) in [6.07, 6.45) is 11.7. The fourth-order valence-corrected chi connectivity index (χ4v) is 2.55. The predicted molar refractivity (Wildman–Crippen MR) is 83.5 cm³/mol. The number of nitrogens with zero attached hydrogens (tertiary/aromatic N) is 1. The summed E-state index contributed by atoms with van der Waals surface area (Å²) >= 11 is 0. The Balaban J connectivity index is 2.51. The van der Waals surface area contributed by atoms with Crippen molar-refractivity contribution in [2.24, 2.45) is 0 Å². The number of pyridine rings is 1. The smallest absolute Gasteiger partial charge is 0.0270 e. The van der Waals surface area contributed by atoms with Gasteiger partial charge in [0.15, 0.2) is 0 Å². The van der Waals surface area contributed by atoms with Gasteiger partial charge >= 0.3 is 0 Å². The average molecular weight is 262 g/mol. The Bertz CT molecular complexity index is 310. The van der Waals surface area contributed by atoms with Crippen LogP contribution in [0.1, 0.15) is 70.8 Å². The van der Waals surface area contributed by atoms with Crippen LogP contribution in [0, 0.1) is 0 Å². The van der Waals surface area contributed by atoms with Crippen molar-refractivity contribution in [2.75, 3.05) is 6.54 Å². The Morgan fingerprint density at radius 2 is 1.79 bits per heavy atom. The van der Waals surface area contributed by atoms with Crippen molar-refractivity contribution in [3.05, 3.63) is 30.1 Å². The number of hydrogen-bond donors (Lipinski definition) is 1. The quantitative estimate of drug-likeness (QED) is 0.627. The van der Waals surface area contributed by atoms with Gasteiger partial charge in [-0.3, -0.25) is 4.98 Å². The van der Waals surface area contributed by atoms with Crippen molar-refractivity contribution >= 4 is 0 Å². The van der Waals surface area contributed by atoms with Gasteiger partial charge in [0.25, 0.3) is 0 Å². The largest absolute Gasteiger partial charge is 0.313 e. The Kier molecular flexibility index (Phi) is 8.48. The molecule has 0 radical (unpaired) electrons. The molecule has 2 heteroatoms. The van der Waals surface area contributed by atoms with E-state index in [1.807, 2.05) is 12.4 Å². The molecule has 0 amide bonds. The van der Waals surface area contributed by atoms with Crippen LogP contribution in [0.2, 0.25) is 0 Å². The molecule has 0 spiro atoms. The van der Waals surface area contributed by atoms with E-state index in [1.165, 1.54) is 44.1 Å². The zero-order valence-electron chi connectivity index (χ0n) is 12.9. The maximum Gasteiger partial charge on any atom is 0.0270 e. The summed E-state index contributed by atoms with van der Waals surface area (Å²) in [5.74, 6) is 0.566. The van der Waals surface area contributed by atoms with Crippen LogP contribution in [-0.4, -0.2) is 17.6 Å². The minimum atomic E-state index is 0.566. The van der Waals surface area contributed by atoms with Crippen molar-refractivity contribution in [1.29, 1.82) is 0 Å². The van der Waals surface area contributed by atoms with E-state index in [1.54, 1.807) is 0 Å². The van der Waals surface area contributed by atoms with Crippen LogP contribution in [0.3, 0.4) is 0 Å². The minimum Gasteiger partial charge on any atom is -0.313 e. The fraction of sp³-hybridized carbons (Fsp3) is 0.706. The van der Waals surface area contributed by atoms with E-state index in [9.17, 15) is 0 Å². The zero-order valence-corrected chi connectivity index (χ0v) is 12.9. The van der Waals surface area contributed by atoms with Crippen LogP contribution >= 0.6 is 0 Å². The molecular weight excluding hydrogens is 232 g/mol. The number of unbranched alkanes of at least 4 members (excludes halogenated alkanes) is 3. The first-order valence-electron chi connectivity index (χ1n) is 7.92. The van der Waals surface area contributed by atoms with E-state index in [0.717, 1.165) is 6.54 Å². The average Bonchev–Trinajstić information content (AvgIpc) is 2.47. The Labute approximate surface area is 119 Å². The molecule has 0 saturated heterocycles. The normalized spacial score (nSPS) is 14.3. The summed E-state index contributed by atoms with van der Waals surface area (Å²) in [4.78, 5) is 4.12. The monoisotopic (exact) mass is 262 g/mol. The summed E-state index contributed by atoms with van der Waals surface area (Å²) in [6.45, 7) is 7.96. The van der Waals surface area contributed by atoms with Crippen LogP contribution < -0.4 is 5.32 Å². The standard InChI is InChI=1S/C17H30N2/c1-4-6-7-8-9-17(19-12-5-2)15(3)16-10-13-18-14-11-16/h10-11,13-15,17,19H,4-9,12H2,1-3H3. The second-order valence-electron chi connectivity index (χ2n) is 5.48. The van der Waals surface area contributed by atoms with Crippen molar-refractivity contribution < 1.29 is 0 Å². The number of aromatic nitrogens is 1. The van der Waals surface area contributed by atoms with Gasteiger partial charge < -0.3 is 5.32 Å². The highest BCUT2D eigenvalue weighted by atomic mass is 14.9. The second-order valence-corrected chi connectivity index (χ2v) is 5.48. The highest BCUT2D eigenvalue weighted by Crippen LogP contribution is 2.22. The Morgan fingerprint density at radius 1 is 1.05 bits per heavy atom. The molecule has 0 aromatic carbocycles. The van der Waals surface area contributed by atoms with E-state index in [0.29, 0.717) is 12.0 Å². The maximum atomic E-state index is 4.12. The molecule has 1 heterocycles. The van der Waals surface area contributed by atoms with Gasteiger partial charge in [-0.05, 0) is 43.0 Å². The van der Waals surface area contributed by atoms with Gasteiger partial charge in [-0.2, -0.15) is 0 Å². The van der Waals surface area contributed by atoms with E-state index in [2.05, 4.69) is 43.2 Å². The lowest BCUT2D eigenvalue weighted by Gasteiger charge is -2.25. The van der Waals surface area contributed by atoms with Crippen LogP contribution in [0.25, 0.3) is 0 Å². The van der Waals surface area contributed by atoms with Crippen LogP contribution in [0.5, 0.6) is 0 Å². The first-order chi connectivity index (χ1) is 9.29. The molecule has 2 nitrogen and oxygen atoms in total. The minimum absolute atomic E-state index is 0.566. The first-order valence-corrected chi connectivity index (χ1v) is 7.92. The van der Waals surface area contributed by atoms with E-state index in [-0.39, 0.29) is 0 Å². The topological polar surface area (TPSA) is 24.9 Å². The van der Waals surface area contributed by atoms with Crippen molar-refractivity contribution in [2.45, 2.75) is 71.3 Å². The lowest BCUT2D eigenvalue weighted by atomic mass is 9.90. The molecule has 1 aromatic rings.